The van der Waals surface area contributed by atoms with Crippen LogP contribution in [0, 0.1) is 5.92 Å². The summed E-state index contributed by atoms with van der Waals surface area (Å²) in [6, 6.07) is 30.5. The lowest BCUT2D eigenvalue weighted by molar-refractivity contribution is -0.122. The van der Waals surface area contributed by atoms with E-state index in [1.54, 1.807) is 6.21 Å². The SMILES string of the molecule is O=C(NN=C/C=C/c1ccccc1)C1CC1(c1ccccc1)c1ccccc1. The van der Waals surface area contributed by atoms with Crippen LogP contribution in [0.3, 0.4) is 0 Å². The van der Waals surface area contributed by atoms with Crippen LogP contribution in [0.2, 0.25) is 0 Å². The minimum Gasteiger partial charge on any atom is -0.273 e. The number of nitrogens with zero attached hydrogens (tertiary/aromatic N) is 1. The zero-order valence-corrected chi connectivity index (χ0v) is 15.5. The molecule has 1 saturated carbocycles. The van der Waals surface area contributed by atoms with Crippen molar-refractivity contribution >= 4 is 18.2 Å². The van der Waals surface area contributed by atoms with Crippen LogP contribution in [0.5, 0.6) is 0 Å². The van der Waals surface area contributed by atoms with Crippen LogP contribution in [0.25, 0.3) is 6.08 Å². The van der Waals surface area contributed by atoms with E-state index in [-0.39, 0.29) is 17.2 Å². The van der Waals surface area contributed by atoms with Crippen molar-refractivity contribution < 1.29 is 4.79 Å². The minimum absolute atomic E-state index is 0.0444. The molecule has 1 unspecified atom stereocenters. The molecule has 1 atom stereocenters. The van der Waals surface area contributed by atoms with Gasteiger partial charge >= 0.3 is 0 Å². The van der Waals surface area contributed by atoms with E-state index in [1.165, 1.54) is 11.1 Å². The van der Waals surface area contributed by atoms with Gasteiger partial charge in [-0.25, -0.2) is 5.43 Å². The van der Waals surface area contributed by atoms with Gasteiger partial charge in [0.2, 0.25) is 5.91 Å². The monoisotopic (exact) mass is 366 g/mol. The van der Waals surface area contributed by atoms with Crippen molar-refractivity contribution in [3.8, 4) is 0 Å². The Morgan fingerprint density at radius 2 is 1.39 bits per heavy atom. The number of hydrogen-bond donors (Lipinski definition) is 1. The Bertz CT molecular complexity index is 939. The lowest BCUT2D eigenvalue weighted by atomic mass is 9.85. The van der Waals surface area contributed by atoms with E-state index >= 15 is 0 Å². The molecule has 1 N–H and O–H groups in total. The van der Waals surface area contributed by atoms with Crippen LogP contribution in [0.1, 0.15) is 23.1 Å². The van der Waals surface area contributed by atoms with E-state index in [0.29, 0.717) is 0 Å². The van der Waals surface area contributed by atoms with Gasteiger partial charge in [0.15, 0.2) is 0 Å². The molecular weight excluding hydrogens is 344 g/mol. The number of rotatable bonds is 6. The summed E-state index contributed by atoms with van der Waals surface area (Å²) in [5, 5.41) is 4.09. The molecule has 138 valence electrons. The number of allylic oxidation sites excluding steroid dienone is 1. The fraction of sp³-hybridized carbons (Fsp3) is 0.120. The van der Waals surface area contributed by atoms with Crippen LogP contribution in [0.4, 0.5) is 0 Å². The molecule has 3 heteroatoms. The second-order valence-corrected chi connectivity index (χ2v) is 6.98. The third kappa shape index (κ3) is 3.65. The van der Waals surface area contributed by atoms with E-state index in [1.807, 2.05) is 78.9 Å². The number of benzene rings is 3. The van der Waals surface area contributed by atoms with Crippen LogP contribution in [-0.4, -0.2) is 12.1 Å². The van der Waals surface area contributed by atoms with Gasteiger partial charge in [-0.1, -0.05) is 97.1 Å². The van der Waals surface area contributed by atoms with Crippen molar-refractivity contribution in [2.75, 3.05) is 0 Å². The Morgan fingerprint density at radius 1 is 0.857 bits per heavy atom. The highest BCUT2D eigenvalue weighted by atomic mass is 16.2. The Kier molecular flexibility index (Phi) is 5.16. The van der Waals surface area contributed by atoms with E-state index < -0.39 is 0 Å². The molecule has 0 radical (unpaired) electrons. The summed E-state index contributed by atoms with van der Waals surface area (Å²) in [4.78, 5) is 12.8. The third-order valence-electron chi connectivity index (χ3n) is 5.28. The molecule has 0 heterocycles. The van der Waals surface area contributed by atoms with Gasteiger partial charge in [0.05, 0.1) is 5.92 Å². The normalized spacial score (nSPS) is 17.6. The van der Waals surface area contributed by atoms with Crippen molar-refractivity contribution in [1.29, 1.82) is 0 Å². The first-order chi connectivity index (χ1) is 13.8. The van der Waals surface area contributed by atoms with Gasteiger partial charge in [-0.2, -0.15) is 5.10 Å². The molecule has 3 nitrogen and oxygen atoms in total. The predicted molar refractivity (Wildman–Crippen MR) is 114 cm³/mol. The first kappa shape index (κ1) is 17.9. The van der Waals surface area contributed by atoms with Gasteiger partial charge in [0, 0.05) is 11.6 Å². The molecule has 0 spiro atoms. The van der Waals surface area contributed by atoms with E-state index in [9.17, 15) is 4.79 Å². The van der Waals surface area contributed by atoms with Crippen molar-refractivity contribution in [1.82, 2.24) is 5.43 Å². The van der Waals surface area contributed by atoms with Crippen molar-refractivity contribution in [2.45, 2.75) is 11.8 Å². The smallest absolute Gasteiger partial charge is 0.244 e. The number of hydrazone groups is 1. The zero-order valence-electron chi connectivity index (χ0n) is 15.5. The van der Waals surface area contributed by atoms with Gasteiger partial charge < -0.3 is 0 Å². The van der Waals surface area contributed by atoms with Crippen LogP contribution in [-0.2, 0) is 10.2 Å². The average molecular weight is 366 g/mol. The first-order valence-corrected chi connectivity index (χ1v) is 9.46. The third-order valence-corrected chi connectivity index (χ3v) is 5.28. The summed E-state index contributed by atoms with van der Waals surface area (Å²) >= 11 is 0. The van der Waals surface area contributed by atoms with E-state index in [4.69, 9.17) is 0 Å². The van der Waals surface area contributed by atoms with Crippen LogP contribution in [0.15, 0.2) is 102 Å². The lowest BCUT2D eigenvalue weighted by Gasteiger charge is -2.18. The van der Waals surface area contributed by atoms with Gasteiger partial charge in [-0.05, 0) is 29.2 Å². The molecule has 0 bridgehead atoms. The second-order valence-electron chi connectivity index (χ2n) is 6.98. The molecule has 4 rings (SSSR count). The highest BCUT2D eigenvalue weighted by Crippen LogP contribution is 2.58. The molecule has 1 aliphatic rings. The molecule has 0 aliphatic heterocycles. The second kappa shape index (κ2) is 8.05. The first-order valence-electron chi connectivity index (χ1n) is 9.46. The van der Waals surface area contributed by atoms with Crippen LogP contribution < -0.4 is 5.43 Å². The molecule has 0 saturated heterocycles. The fourth-order valence-electron chi connectivity index (χ4n) is 3.80. The molecule has 1 fully saturated rings. The molecule has 28 heavy (non-hydrogen) atoms. The van der Waals surface area contributed by atoms with Gasteiger partial charge in [0.25, 0.3) is 0 Å². The van der Waals surface area contributed by atoms with Crippen molar-refractivity contribution in [3.63, 3.8) is 0 Å². The maximum Gasteiger partial charge on any atom is 0.244 e. The van der Waals surface area contributed by atoms with Crippen molar-refractivity contribution in [3.05, 3.63) is 114 Å². The summed E-state index contributed by atoms with van der Waals surface area (Å²) in [7, 11) is 0. The zero-order chi connectivity index (χ0) is 19.2. The van der Waals surface area contributed by atoms with Gasteiger partial charge in [-0.3, -0.25) is 4.79 Å². The Labute approximate surface area is 165 Å². The summed E-state index contributed by atoms with van der Waals surface area (Å²) in [6.45, 7) is 0. The topological polar surface area (TPSA) is 41.5 Å². The summed E-state index contributed by atoms with van der Waals surface area (Å²) in [5.41, 5.74) is 5.89. The number of nitrogens with one attached hydrogen (secondary N) is 1. The lowest BCUT2D eigenvalue weighted by Crippen LogP contribution is -2.25. The number of hydrogen-bond acceptors (Lipinski definition) is 2. The molecule has 3 aromatic rings. The Balaban J connectivity index is 1.46. The minimum atomic E-state index is -0.262. The number of carbonyl (C=O) groups excluding carboxylic acids is 1. The molecular formula is C25H22N2O. The number of carbonyl (C=O) groups is 1. The average Bonchev–Trinajstić information content (AvgIpc) is 3.53. The van der Waals surface area contributed by atoms with Crippen molar-refractivity contribution in [2.24, 2.45) is 11.0 Å². The van der Waals surface area contributed by atoms with Gasteiger partial charge in [-0.15, -0.1) is 0 Å². The van der Waals surface area contributed by atoms with Crippen LogP contribution >= 0.6 is 0 Å². The molecule has 3 aromatic carbocycles. The Morgan fingerprint density at radius 3 is 1.96 bits per heavy atom. The van der Waals surface area contributed by atoms with E-state index in [0.717, 1.165) is 12.0 Å². The quantitative estimate of drug-likeness (QED) is 0.494. The standard InChI is InChI=1S/C25H22N2O/c28-24(27-26-18-10-13-20-11-4-1-5-12-20)23-19-25(23,21-14-6-2-7-15-21)22-16-8-3-9-17-22/h1-18,23H,19H2,(H,27,28)/b13-10+,26-18?. The summed E-state index contributed by atoms with van der Waals surface area (Å²) < 4.78 is 0. The predicted octanol–water partition coefficient (Wildman–Crippen LogP) is 4.81. The Hall–Kier alpha value is -3.46. The van der Waals surface area contributed by atoms with E-state index in [2.05, 4.69) is 34.8 Å². The summed E-state index contributed by atoms with van der Waals surface area (Å²) in [5.74, 6) is -0.162. The number of amides is 1. The summed E-state index contributed by atoms with van der Waals surface area (Å²) in [6.07, 6.45) is 6.18. The molecule has 1 aliphatic carbocycles. The largest absolute Gasteiger partial charge is 0.273 e. The highest BCUT2D eigenvalue weighted by molar-refractivity contribution is 5.87. The highest BCUT2D eigenvalue weighted by Gasteiger charge is 2.60. The fourth-order valence-corrected chi connectivity index (χ4v) is 3.80. The maximum absolute atomic E-state index is 12.8. The van der Waals surface area contributed by atoms with Gasteiger partial charge in [0.1, 0.15) is 0 Å². The maximum atomic E-state index is 12.8. The molecule has 0 aromatic heterocycles. The molecule has 1 amide bonds.